The molecule has 6 nitrogen and oxygen atoms in total. The molecule has 0 radical (unpaired) electrons. The van der Waals surface area contributed by atoms with Gasteiger partial charge in [0.15, 0.2) is 16.7 Å². The number of benzene rings is 1. The second-order valence-electron chi connectivity index (χ2n) is 5.43. The number of para-hydroxylation sites is 1. The highest BCUT2D eigenvalue weighted by molar-refractivity contribution is 7.99. The minimum absolute atomic E-state index is 0.271. The maximum absolute atomic E-state index is 12.1. The third-order valence-corrected chi connectivity index (χ3v) is 4.61. The second-order valence-corrected chi connectivity index (χ2v) is 6.49. The number of thioether (sulfide) groups is 1. The van der Waals surface area contributed by atoms with E-state index in [0.29, 0.717) is 5.82 Å². The topological polar surface area (TPSA) is 73.0 Å². The zero-order valence-electron chi connectivity index (χ0n) is 14.0. The standard InChI is InChI=1S/C18H20N4O2S/c1-2-3-12-25-18-21-20-16(22(18)14-8-5-4-6-9-14)13-19-17(23)15-10-7-11-24-15/h4-11H,2-3,12-13H2,1H3,(H,19,23). The Bertz CT molecular complexity index is 800. The lowest BCUT2D eigenvalue weighted by molar-refractivity contribution is 0.0922. The van der Waals surface area contributed by atoms with Gasteiger partial charge in [0.2, 0.25) is 0 Å². The molecule has 25 heavy (non-hydrogen) atoms. The quantitative estimate of drug-likeness (QED) is 0.492. The van der Waals surface area contributed by atoms with Crippen LogP contribution in [0.15, 0.2) is 58.3 Å². The zero-order valence-corrected chi connectivity index (χ0v) is 14.8. The molecule has 0 spiro atoms. The fourth-order valence-electron chi connectivity index (χ4n) is 2.31. The summed E-state index contributed by atoms with van der Waals surface area (Å²) in [4.78, 5) is 12.1. The molecule has 2 heterocycles. The lowest BCUT2D eigenvalue weighted by atomic mass is 10.3. The van der Waals surface area contributed by atoms with Crippen LogP contribution in [0.25, 0.3) is 5.69 Å². The van der Waals surface area contributed by atoms with Crippen LogP contribution in [0.3, 0.4) is 0 Å². The molecule has 0 saturated carbocycles. The van der Waals surface area contributed by atoms with E-state index in [1.807, 2.05) is 34.9 Å². The lowest BCUT2D eigenvalue weighted by Crippen LogP contribution is -2.24. The molecule has 0 fully saturated rings. The predicted octanol–water partition coefficient (Wildman–Crippen LogP) is 3.68. The van der Waals surface area contributed by atoms with Gasteiger partial charge < -0.3 is 9.73 Å². The van der Waals surface area contributed by atoms with Crippen molar-refractivity contribution in [1.29, 1.82) is 0 Å². The van der Waals surface area contributed by atoms with Gasteiger partial charge >= 0.3 is 0 Å². The van der Waals surface area contributed by atoms with Crippen molar-refractivity contribution in [3.05, 3.63) is 60.3 Å². The van der Waals surface area contributed by atoms with E-state index in [1.54, 1.807) is 23.9 Å². The molecule has 1 amide bonds. The molecule has 0 aliphatic carbocycles. The fourth-order valence-corrected chi connectivity index (χ4v) is 3.36. The van der Waals surface area contributed by atoms with Crippen LogP contribution < -0.4 is 5.32 Å². The van der Waals surface area contributed by atoms with E-state index in [0.717, 1.165) is 29.4 Å². The van der Waals surface area contributed by atoms with Crippen LogP contribution in [0.1, 0.15) is 36.1 Å². The number of nitrogens with one attached hydrogen (secondary N) is 1. The van der Waals surface area contributed by atoms with Crippen molar-refractivity contribution in [2.24, 2.45) is 0 Å². The summed E-state index contributed by atoms with van der Waals surface area (Å²) in [5.41, 5.74) is 0.980. The van der Waals surface area contributed by atoms with E-state index in [2.05, 4.69) is 22.4 Å². The van der Waals surface area contributed by atoms with Gasteiger partial charge in [-0.1, -0.05) is 43.3 Å². The van der Waals surface area contributed by atoms with Gasteiger partial charge in [-0.25, -0.2) is 0 Å². The van der Waals surface area contributed by atoms with E-state index in [1.165, 1.54) is 6.26 Å². The van der Waals surface area contributed by atoms with E-state index < -0.39 is 0 Å². The normalized spacial score (nSPS) is 10.8. The molecular weight excluding hydrogens is 336 g/mol. The minimum atomic E-state index is -0.271. The number of carbonyl (C=O) groups excluding carboxylic acids is 1. The third kappa shape index (κ3) is 4.30. The van der Waals surface area contributed by atoms with E-state index in [-0.39, 0.29) is 18.2 Å². The smallest absolute Gasteiger partial charge is 0.287 e. The van der Waals surface area contributed by atoms with E-state index >= 15 is 0 Å². The van der Waals surface area contributed by atoms with Crippen molar-refractivity contribution in [1.82, 2.24) is 20.1 Å². The molecule has 0 saturated heterocycles. The monoisotopic (exact) mass is 356 g/mol. The molecular formula is C18H20N4O2S. The number of aromatic nitrogens is 3. The summed E-state index contributed by atoms with van der Waals surface area (Å²) >= 11 is 1.68. The number of carbonyl (C=O) groups is 1. The average Bonchev–Trinajstić information content (AvgIpc) is 3.31. The van der Waals surface area contributed by atoms with Gasteiger partial charge in [-0.2, -0.15) is 0 Å². The number of unbranched alkanes of at least 4 members (excludes halogenated alkanes) is 1. The minimum Gasteiger partial charge on any atom is -0.459 e. The Morgan fingerprint density at radius 1 is 1.20 bits per heavy atom. The van der Waals surface area contributed by atoms with Crippen molar-refractivity contribution in [3.63, 3.8) is 0 Å². The first kappa shape index (κ1) is 17.3. The lowest BCUT2D eigenvalue weighted by Gasteiger charge is -2.10. The summed E-state index contributed by atoms with van der Waals surface area (Å²) in [5.74, 6) is 1.68. The molecule has 7 heteroatoms. The first-order valence-electron chi connectivity index (χ1n) is 8.24. The van der Waals surface area contributed by atoms with E-state index in [9.17, 15) is 4.79 Å². The second kappa shape index (κ2) is 8.53. The number of hydrogen-bond acceptors (Lipinski definition) is 5. The third-order valence-electron chi connectivity index (χ3n) is 3.60. The van der Waals surface area contributed by atoms with Crippen molar-refractivity contribution < 1.29 is 9.21 Å². The Balaban J connectivity index is 1.79. The summed E-state index contributed by atoms with van der Waals surface area (Å²) in [6, 6.07) is 13.2. The van der Waals surface area contributed by atoms with Crippen LogP contribution in [-0.2, 0) is 6.54 Å². The van der Waals surface area contributed by atoms with Gasteiger partial charge in [0.1, 0.15) is 0 Å². The first-order valence-corrected chi connectivity index (χ1v) is 9.22. The molecule has 1 aromatic carbocycles. The van der Waals surface area contributed by atoms with Crippen molar-refractivity contribution in [2.45, 2.75) is 31.5 Å². The molecule has 0 aliphatic rings. The Morgan fingerprint density at radius 2 is 2.04 bits per heavy atom. The number of furan rings is 1. The summed E-state index contributed by atoms with van der Waals surface area (Å²) in [5, 5.41) is 12.2. The summed E-state index contributed by atoms with van der Waals surface area (Å²) in [6.45, 7) is 2.44. The molecule has 130 valence electrons. The van der Waals surface area contributed by atoms with Gasteiger partial charge in [0.25, 0.3) is 5.91 Å². The number of rotatable bonds is 8. The Morgan fingerprint density at radius 3 is 2.76 bits per heavy atom. The number of nitrogens with zero attached hydrogens (tertiary/aromatic N) is 3. The van der Waals surface area contributed by atoms with Gasteiger partial charge in [-0.15, -0.1) is 10.2 Å². The highest BCUT2D eigenvalue weighted by atomic mass is 32.2. The van der Waals surface area contributed by atoms with Crippen LogP contribution >= 0.6 is 11.8 Å². The van der Waals surface area contributed by atoms with Crippen LogP contribution in [0.2, 0.25) is 0 Å². The van der Waals surface area contributed by atoms with Gasteiger partial charge in [-0.3, -0.25) is 9.36 Å². The summed E-state index contributed by atoms with van der Waals surface area (Å²) in [6.07, 6.45) is 3.74. The van der Waals surface area contributed by atoms with Crippen LogP contribution in [-0.4, -0.2) is 26.4 Å². The SMILES string of the molecule is CCCCSc1nnc(CNC(=O)c2ccco2)n1-c1ccccc1. The molecule has 3 aromatic rings. The van der Waals surface area contributed by atoms with E-state index in [4.69, 9.17) is 4.42 Å². The molecule has 0 atom stereocenters. The van der Waals surface area contributed by atoms with Crippen molar-refractivity contribution in [3.8, 4) is 5.69 Å². The highest BCUT2D eigenvalue weighted by Gasteiger charge is 2.16. The molecule has 2 aromatic heterocycles. The van der Waals surface area contributed by atoms with Gasteiger partial charge in [0, 0.05) is 11.4 Å². The summed E-state index contributed by atoms with van der Waals surface area (Å²) in [7, 11) is 0. The fraction of sp³-hybridized carbons (Fsp3) is 0.278. The van der Waals surface area contributed by atoms with Crippen molar-refractivity contribution >= 4 is 17.7 Å². The molecule has 0 bridgehead atoms. The molecule has 1 N–H and O–H groups in total. The number of amides is 1. The van der Waals surface area contributed by atoms with Gasteiger partial charge in [0.05, 0.1) is 12.8 Å². The van der Waals surface area contributed by atoms with Crippen LogP contribution in [0.4, 0.5) is 0 Å². The molecule has 0 unspecified atom stereocenters. The zero-order chi connectivity index (χ0) is 17.5. The summed E-state index contributed by atoms with van der Waals surface area (Å²) < 4.78 is 7.10. The van der Waals surface area contributed by atoms with Crippen molar-refractivity contribution in [2.75, 3.05) is 5.75 Å². The molecule has 0 aliphatic heterocycles. The largest absolute Gasteiger partial charge is 0.459 e. The maximum Gasteiger partial charge on any atom is 0.287 e. The Hall–Kier alpha value is -2.54. The number of hydrogen-bond donors (Lipinski definition) is 1. The molecule has 3 rings (SSSR count). The highest BCUT2D eigenvalue weighted by Crippen LogP contribution is 2.23. The maximum atomic E-state index is 12.1. The Labute approximate surface area is 150 Å². The van der Waals surface area contributed by atoms with Gasteiger partial charge in [-0.05, 0) is 30.7 Å². The Kier molecular flexibility index (Phi) is 5.90. The van der Waals surface area contributed by atoms with Crippen LogP contribution in [0.5, 0.6) is 0 Å². The first-order chi connectivity index (χ1) is 12.3. The van der Waals surface area contributed by atoms with Crippen LogP contribution in [0, 0.1) is 0 Å². The average molecular weight is 356 g/mol. The predicted molar refractivity (Wildman–Crippen MR) is 96.9 cm³/mol.